The summed E-state index contributed by atoms with van der Waals surface area (Å²) >= 11 is 0. The molecule has 0 saturated heterocycles. The smallest absolute Gasteiger partial charge is 0.146 e. The Morgan fingerprint density at radius 1 is 1.64 bits per heavy atom. The normalized spacial score (nSPS) is 10.4. The Balaban J connectivity index is 2.27. The van der Waals surface area contributed by atoms with Gasteiger partial charge in [-0.25, -0.2) is 0 Å². The Morgan fingerprint density at radius 2 is 2.43 bits per heavy atom. The minimum atomic E-state index is 0.779. The molecule has 0 fully saturated rings. The van der Waals surface area contributed by atoms with E-state index in [1.807, 2.05) is 11.5 Å². The van der Waals surface area contributed by atoms with Crippen molar-refractivity contribution in [2.75, 3.05) is 6.54 Å². The van der Waals surface area contributed by atoms with Gasteiger partial charge < -0.3 is 9.88 Å². The molecule has 1 aromatic heterocycles. The molecule has 0 aliphatic carbocycles. The zero-order valence-corrected chi connectivity index (χ0v) is 8.95. The third-order valence-corrected chi connectivity index (χ3v) is 2.05. The third kappa shape index (κ3) is 3.30. The maximum Gasteiger partial charge on any atom is 0.146 e. The molecule has 4 heteroatoms. The summed E-state index contributed by atoms with van der Waals surface area (Å²) in [5.41, 5.74) is 1.20. The number of aromatic nitrogens is 3. The van der Waals surface area contributed by atoms with Crippen molar-refractivity contribution >= 4 is 0 Å². The van der Waals surface area contributed by atoms with Crippen LogP contribution < -0.4 is 5.32 Å². The van der Waals surface area contributed by atoms with Crippen molar-refractivity contribution in [3.05, 3.63) is 24.3 Å². The van der Waals surface area contributed by atoms with Crippen molar-refractivity contribution in [2.24, 2.45) is 0 Å². The van der Waals surface area contributed by atoms with E-state index in [4.69, 9.17) is 0 Å². The molecule has 4 nitrogen and oxygen atoms in total. The summed E-state index contributed by atoms with van der Waals surface area (Å²) in [5.74, 6) is 0.995. The topological polar surface area (TPSA) is 42.7 Å². The monoisotopic (exact) mass is 194 g/mol. The third-order valence-electron chi connectivity index (χ3n) is 2.05. The van der Waals surface area contributed by atoms with Crippen LogP contribution in [0.15, 0.2) is 18.5 Å². The van der Waals surface area contributed by atoms with Gasteiger partial charge in [0.2, 0.25) is 0 Å². The molecule has 0 amide bonds. The van der Waals surface area contributed by atoms with E-state index in [2.05, 4.69) is 29.0 Å². The standard InChI is InChI=1S/C10H18N4/c1-4-14-8-12-13-10(14)7-11-6-5-9(2)3/h8,11H,2,4-7H2,1,3H3. The average Bonchev–Trinajstić information content (AvgIpc) is 2.59. The molecule has 78 valence electrons. The minimum absolute atomic E-state index is 0.779. The van der Waals surface area contributed by atoms with Crippen molar-refractivity contribution in [2.45, 2.75) is 33.4 Å². The maximum absolute atomic E-state index is 4.03. The largest absolute Gasteiger partial charge is 0.317 e. The van der Waals surface area contributed by atoms with Crippen LogP contribution in [0.1, 0.15) is 26.1 Å². The van der Waals surface area contributed by atoms with E-state index < -0.39 is 0 Å². The number of nitrogens with one attached hydrogen (secondary N) is 1. The molecule has 0 radical (unpaired) electrons. The predicted octanol–water partition coefficient (Wildman–Crippen LogP) is 1.35. The van der Waals surface area contributed by atoms with Crippen LogP contribution in [0.25, 0.3) is 0 Å². The molecular weight excluding hydrogens is 176 g/mol. The van der Waals surface area contributed by atoms with Crippen LogP contribution in [0.3, 0.4) is 0 Å². The van der Waals surface area contributed by atoms with Crippen LogP contribution in [0.4, 0.5) is 0 Å². The van der Waals surface area contributed by atoms with Crippen LogP contribution in [-0.4, -0.2) is 21.3 Å². The Labute approximate surface area is 85.0 Å². The maximum atomic E-state index is 4.03. The zero-order valence-electron chi connectivity index (χ0n) is 8.95. The van der Waals surface area contributed by atoms with Gasteiger partial charge in [-0.2, -0.15) is 0 Å². The van der Waals surface area contributed by atoms with Crippen LogP contribution in [-0.2, 0) is 13.1 Å². The quantitative estimate of drug-likeness (QED) is 0.549. The number of hydrogen-bond acceptors (Lipinski definition) is 3. The van der Waals surface area contributed by atoms with Gasteiger partial charge in [-0.3, -0.25) is 0 Å². The second kappa shape index (κ2) is 5.54. The molecule has 0 spiro atoms. The second-order valence-electron chi connectivity index (χ2n) is 3.42. The van der Waals surface area contributed by atoms with Crippen LogP contribution in [0.2, 0.25) is 0 Å². The second-order valence-corrected chi connectivity index (χ2v) is 3.42. The van der Waals surface area contributed by atoms with E-state index in [9.17, 15) is 0 Å². The van der Waals surface area contributed by atoms with E-state index in [1.165, 1.54) is 5.57 Å². The van der Waals surface area contributed by atoms with E-state index in [-0.39, 0.29) is 0 Å². The average molecular weight is 194 g/mol. The summed E-state index contributed by atoms with van der Waals surface area (Å²) in [5, 5.41) is 11.2. The summed E-state index contributed by atoms with van der Waals surface area (Å²) in [7, 11) is 0. The summed E-state index contributed by atoms with van der Waals surface area (Å²) in [6.45, 7) is 10.6. The highest BCUT2D eigenvalue weighted by atomic mass is 15.3. The predicted molar refractivity (Wildman–Crippen MR) is 56.8 cm³/mol. The molecule has 0 bridgehead atoms. The molecule has 0 saturated carbocycles. The molecule has 14 heavy (non-hydrogen) atoms. The molecule has 0 aliphatic heterocycles. The Morgan fingerprint density at radius 3 is 3.07 bits per heavy atom. The van der Waals surface area contributed by atoms with Gasteiger partial charge in [-0.05, 0) is 26.8 Å². The molecule has 1 rings (SSSR count). The zero-order chi connectivity index (χ0) is 10.4. The summed E-state index contributed by atoms with van der Waals surface area (Å²) in [4.78, 5) is 0. The first-order valence-electron chi connectivity index (χ1n) is 4.95. The molecule has 0 aliphatic rings. The first kappa shape index (κ1) is 10.9. The van der Waals surface area contributed by atoms with Gasteiger partial charge in [-0.15, -0.1) is 16.8 Å². The lowest BCUT2D eigenvalue weighted by atomic mass is 10.2. The van der Waals surface area contributed by atoms with Gasteiger partial charge >= 0.3 is 0 Å². The highest BCUT2D eigenvalue weighted by Gasteiger charge is 2.00. The fraction of sp³-hybridized carbons (Fsp3) is 0.600. The van der Waals surface area contributed by atoms with E-state index in [0.717, 1.165) is 31.9 Å². The van der Waals surface area contributed by atoms with Gasteiger partial charge in [0.05, 0.1) is 6.54 Å². The van der Waals surface area contributed by atoms with Gasteiger partial charge in [0.1, 0.15) is 12.2 Å². The number of nitrogens with zero attached hydrogens (tertiary/aromatic N) is 3. The van der Waals surface area contributed by atoms with Crippen molar-refractivity contribution < 1.29 is 0 Å². The lowest BCUT2D eigenvalue weighted by Crippen LogP contribution is -2.18. The Bertz CT molecular complexity index is 290. The fourth-order valence-electron chi connectivity index (χ4n) is 1.18. The number of aryl methyl sites for hydroxylation is 1. The minimum Gasteiger partial charge on any atom is -0.317 e. The lowest BCUT2D eigenvalue weighted by Gasteiger charge is -2.05. The Hall–Kier alpha value is -1.16. The fourth-order valence-corrected chi connectivity index (χ4v) is 1.18. The summed E-state index contributed by atoms with van der Waals surface area (Å²) in [6, 6.07) is 0. The van der Waals surface area contributed by atoms with Gasteiger partial charge in [0, 0.05) is 6.54 Å². The van der Waals surface area contributed by atoms with Crippen molar-refractivity contribution in [1.82, 2.24) is 20.1 Å². The molecular formula is C10H18N4. The number of rotatable bonds is 6. The van der Waals surface area contributed by atoms with E-state index >= 15 is 0 Å². The first-order valence-corrected chi connectivity index (χ1v) is 4.95. The van der Waals surface area contributed by atoms with E-state index in [1.54, 1.807) is 6.33 Å². The molecule has 0 atom stereocenters. The first-order chi connectivity index (χ1) is 6.74. The summed E-state index contributed by atoms with van der Waals surface area (Å²) < 4.78 is 2.04. The summed E-state index contributed by atoms with van der Waals surface area (Å²) in [6.07, 6.45) is 2.77. The molecule has 0 unspecified atom stereocenters. The molecule has 1 aromatic rings. The van der Waals surface area contributed by atoms with Crippen molar-refractivity contribution in [1.29, 1.82) is 0 Å². The SMILES string of the molecule is C=C(C)CCNCc1nncn1CC. The van der Waals surface area contributed by atoms with Gasteiger partial charge in [-0.1, -0.05) is 5.57 Å². The Kier molecular flexibility index (Phi) is 4.32. The van der Waals surface area contributed by atoms with Crippen LogP contribution >= 0.6 is 0 Å². The van der Waals surface area contributed by atoms with E-state index in [0.29, 0.717) is 0 Å². The van der Waals surface area contributed by atoms with Crippen molar-refractivity contribution in [3.63, 3.8) is 0 Å². The molecule has 1 N–H and O–H groups in total. The molecule has 1 heterocycles. The van der Waals surface area contributed by atoms with Crippen LogP contribution in [0.5, 0.6) is 0 Å². The lowest BCUT2D eigenvalue weighted by molar-refractivity contribution is 0.612. The van der Waals surface area contributed by atoms with Crippen molar-refractivity contribution in [3.8, 4) is 0 Å². The molecule has 0 aromatic carbocycles. The number of hydrogen-bond donors (Lipinski definition) is 1. The van der Waals surface area contributed by atoms with Crippen LogP contribution in [0, 0.1) is 0 Å². The highest BCUT2D eigenvalue weighted by molar-refractivity contribution is 4.89. The highest BCUT2D eigenvalue weighted by Crippen LogP contribution is 1.96. The van der Waals surface area contributed by atoms with Gasteiger partial charge in [0.15, 0.2) is 0 Å². The van der Waals surface area contributed by atoms with Gasteiger partial charge in [0.25, 0.3) is 0 Å².